The summed E-state index contributed by atoms with van der Waals surface area (Å²) in [4.78, 5) is 10.5. The highest BCUT2D eigenvalue weighted by molar-refractivity contribution is 6.36. The minimum Gasteiger partial charge on any atom is -0.382 e. The smallest absolute Gasteiger partial charge is 0.209 e. The Labute approximate surface area is 99.8 Å². The van der Waals surface area contributed by atoms with Crippen LogP contribution in [-0.4, -0.2) is 48.5 Å². The number of hydrogen-bond donors (Lipinski definition) is 1. The second-order valence-corrected chi connectivity index (χ2v) is 3.93. The van der Waals surface area contributed by atoms with E-state index in [0.717, 1.165) is 19.0 Å². The van der Waals surface area contributed by atoms with Crippen molar-refractivity contribution in [1.82, 2.24) is 14.4 Å². The third-order valence-corrected chi connectivity index (χ3v) is 2.89. The van der Waals surface area contributed by atoms with Gasteiger partial charge in [-0.25, -0.2) is 9.97 Å². The van der Waals surface area contributed by atoms with Gasteiger partial charge in [0.15, 0.2) is 0 Å². The number of fused-ring (bicyclic) bond motifs is 1. The summed E-state index contributed by atoms with van der Waals surface area (Å²) in [7, 11) is 5.87. The molecule has 1 saturated heterocycles. The van der Waals surface area contributed by atoms with Gasteiger partial charge in [0.05, 0.1) is 13.2 Å². The summed E-state index contributed by atoms with van der Waals surface area (Å²) < 4.78 is 7.19. The number of aromatic nitrogens is 3. The molecule has 0 saturated carbocycles. The molecule has 0 aromatic carbocycles. The predicted octanol–water partition coefficient (Wildman–Crippen LogP) is -1.06. The van der Waals surface area contributed by atoms with E-state index in [1.165, 1.54) is 0 Å². The fourth-order valence-corrected chi connectivity index (χ4v) is 2.06. The summed E-state index contributed by atoms with van der Waals surface area (Å²) >= 11 is 0. The van der Waals surface area contributed by atoms with Crippen molar-refractivity contribution in [2.45, 2.75) is 0 Å². The van der Waals surface area contributed by atoms with Gasteiger partial charge in [-0.3, -0.25) is 4.40 Å². The molecule has 1 fully saturated rings. The van der Waals surface area contributed by atoms with Crippen molar-refractivity contribution >= 4 is 30.7 Å². The first kappa shape index (κ1) is 10.4. The lowest BCUT2D eigenvalue weighted by atomic mass is 10.0. The molecule has 2 N–H and O–H groups in total. The molecule has 2 aromatic heterocycles. The molecule has 0 bridgehead atoms. The molecule has 86 valence electrons. The van der Waals surface area contributed by atoms with E-state index in [2.05, 4.69) is 14.9 Å². The van der Waals surface area contributed by atoms with Gasteiger partial charge in [-0.1, -0.05) is 0 Å². The number of hydrogen-bond acceptors (Lipinski definition) is 5. The van der Waals surface area contributed by atoms with Crippen LogP contribution in [0.2, 0.25) is 0 Å². The highest BCUT2D eigenvalue weighted by Crippen LogP contribution is 2.17. The Hall–Kier alpha value is -1.76. The van der Waals surface area contributed by atoms with E-state index in [-0.39, 0.29) is 0 Å². The van der Waals surface area contributed by atoms with Crippen LogP contribution < -0.4 is 16.2 Å². The van der Waals surface area contributed by atoms with Crippen molar-refractivity contribution in [3.05, 3.63) is 12.4 Å². The molecule has 3 rings (SSSR count). The second-order valence-electron chi connectivity index (χ2n) is 3.93. The Morgan fingerprint density at radius 2 is 2.12 bits per heavy atom. The molecule has 1 aliphatic rings. The Bertz CT molecular complexity index is 549. The molecule has 2 aromatic rings. The standard InChI is InChI=1S/C10H12BN5O/c11-8-7-9(12)13-1-2-16(7)10(14-8)15-3-5-17-6-4-15/h1-2H,3-6H2,(H2,12,13). The molecule has 1 aliphatic heterocycles. The van der Waals surface area contributed by atoms with Gasteiger partial charge >= 0.3 is 0 Å². The number of ether oxygens (including phenoxy) is 1. The molecule has 0 amide bonds. The highest BCUT2D eigenvalue weighted by atomic mass is 16.5. The zero-order chi connectivity index (χ0) is 11.8. The predicted molar refractivity (Wildman–Crippen MR) is 65.8 cm³/mol. The van der Waals surface area contributed by atoms with Crippen LogP contribution >= 0.6 is 0 Å². The lowest BCUT2D eigenvalue weighted by Gasteiger charge is -2.27. The maximum Gasteiger partial charge on any atom is 0.209 e. The van der Waals surface area contributed by atoms with Crippen LogP contribution in [0.3, 0.4) is 0 Å². The van der Waals surface area contributed by atoms with E-state index < -0.39 is 0 Å². The van der Waals surface area contributed by atoms with Gasteiger partial charge < -0.3 is 15.4 Å². The number of morpholine rings is 1. The molecule has 2 radical (unpaired) electrons. The van der Waals surface area contributed by atoms with Crippen molar-refractivity contribution < 1.29 is 4.74 Å². The SMILES string of the molecule is [B]c1nc(N2CCOCC2)n2ccnc(N)c12. The Balaban J connectivity index is 2.13. The largest absolute Gasteiger partial charge is 0.382 e. The van der Waals surface area contributed by atoms with Crippen LogP contribution in [0.4, 0.5) is 11.8 Å². The van der Waals surface area contributed by atoms with Gasteiger partial charge in [-0.15, -0.1) is 0 Å². The topological polar surface area (TPSA) is 68.7 Å². The van der Waals surface area contributed by atoms with E-state index in [1.54, 1.807) is 6.20 Å². The Kier molecular flexibility index (Phi) is 2.40. The van der Waals surface area contributed by atoms with E-state index in [4.69, 9.17) is 18.3 Å². The van der Waals surface area contributed by atoms with Crippen LogP contribution in [-0.2, 0) is 4.74 Å². The molecule has 6 nitrogen and oxygen atoms in total. The minimum atomic E-state index is 0.400. The Morgan fingerprint density at radius 1 is 1.35 bits per heavy atom. The summed E-state index contributed by atoms with van der Waals surface area (Å²) in [5.74, 6) is 1.20. The monoisotopic (exact) mass is 229 g/mol. The number of nitrogen functional groups attached to an aromatic ring is 1. The second kappa shape index (κ2) is 3.92. The highest BCUT2D eigenvalue weighted by Gasteiger charge is 2.18. The van der Waals surface area contributed by atoms with Gasteiger partial charge in [0, 0.05) is 31.1 Å². The Morgan fingerprint density at radius 3 is 2.88 bits per heavy atom. The van der Waals surface area contributed by atoms with Crippen molar-refractivity contribution in [2.75, 3.05) is 36.9 Å². The summed E-state index contributed by atoms with van der Waals surface area (Å²) in [6.07, 6.45) is 3.47. The molecule has 3 heterocycles. The summed E-state index contributed by atoms with van der Waals surface area (Å²) in [5, 5.41) is 0. The van der Waals surface area contributed by atoms with Gasteiger partial charge in [0.2, 0.25) is 5.95 Å². The van der Waals surface area contributed by atoms with E-state index in [9.17, 15) is 0 Å². The van der Waals surface area contributed by atoms with Gasteiger partial charge in [-0.2, -0.15) is 0 Å². The average molecular weight is 229 g/mol. The van der Waals surface area contributed by atoms with E-state index >= 15 is 0 Å². The maximum atomic E-state index is 5.87. The van der Waals surface area contributed by atoms with Crippen molar-refractivity contribution in [2.24, 2.45) is 0 Å². The molecule has 0 unspecified atom stereocenters. The first-order chi connectivity index (χ1) is 8.27. The average Bonchev–Trinajstić information content (AvgIpc) is 2.69. The van der Waals surface area contributed by atoms with Crippen molar-refractivity contribution in [3.8, 4) is 0 Å². The molecular formula is C10H12BN5O. The zero-order valence-electron chi connectivity index (χ0n) is 9.33. The molecule has 0 aliphatic carbocycles. The van der Waals surface area contributed by atoms with Crippen molar-refractivity contribution in [1.29, 1.82) is 0 Å². The molecule has 0 atom stereocenters. The molecular weight excluding hydrogens is 217 g/mol. The molecule has 17 heavy (non-hydrogen) atoms. The summed E-state index contributed by atoms with van der Waals surface area (Å²) in [5.41, 5.74) is 6.89. The van der Waals surface area contributed by atoms with Crippen LogP contribution in [0.5, 0.6) is 0 Å². The fraction of sp³-hybridized carbons (Fsp3) is 0.400. The van der Waals surface area contributed by atoms with Crippen LogP contribution in [0.1, 0.15) is 0 Å². The van der Waals surface area contributed by atoms with Gasteiger partial charge in [-0.05, 0) is 0 Å². The van der Waals surface area contributed by atoms with Gasteiger partial charge in [0.1, 0.15) is 19.2 Å². The number of anilines is 2. The lowest BCUT2D eigenvalue weighted by Crippen LogP contribution is -2.37. The third-order valence-electron chi connectivity index (χ3n) is 2.89. The minimum absolute atomic E-state index is 0.400. The number of nitrogens with two attached hydrogens (primary N) is 1. The third kappa shape index (κ3) is 1.63. The number of rotatable bonds is 1. The number of nitrogens with zero attached hydrogens (tertiary/aromatic N) is 4. The van der Waals surface area contributed by atoms with E-state index in [1.807, 2.05) is 10.6 Å². The first-order valence-corrected chi connectivity index (χ1v) is 5.48. The maximum absolute atomic E-state index is 5.87. The molecule has 0 spiro atoms. The quantitative estimate of drug-likeness (QED) is 0.631. The lowest BCUT2D eigenvalue weighted by molar-refractivity contribution is 0.122. The summed E-state index contributed by atoms with van der Waals surface area (Å²) in [6, 6.07) is 0. The molecule has 7 heteroatoms. The normalized spacial score (nSPS) is 16.6. The first-order valence-electron chi connectivity index (χ1n) is 5.48. The van der Waals surface area contributed by atoms with Crippen LogP contribution in [0.15, 0.2) is 12.4 Å². The zero-order valence-corrected chi connectivity index (χ0v) is 9.33. The summed E-state index contributed by atoms with van der Waals surface area (Å²) in [6.45, 7) is 3.02. The van der Waals surface area contributed by atoms with Gasteiger partial charge in [0.25, 0.3) is 0 Å². The van der Waals surface area contributed by atoms with Crippen LogP contribution in [0.25, 0.3) is 5.52 Å². The fourth-order valence-electron chi connectivity index (χ4n) is 2.06. The van der Waals surface area contributed by atoms with E-state index in [0.29, 0.717) is 30.1 Å². The van der Waals surface area contributed by atoms with Crippen molar-refractivity contribution in [3.63, 3.8) is 0 Å². The van der Waals surface area contributed by atoms with Crippen LogP contribution in [0, 0.1) is 0 Å². The number of imidazole rings is 1.